The smallest absolute Gasteiger partial charge is 0.329 e. The van der Waals surface area contributed by atoms with Crippen LogP contribution in [0.1, 0.15) is 85.8 Å². The lowest BCUT2D eigenvalue weighted by molar-refractivity contribution is -0.729. The highest BCUT2D eigenvalue weighted by molar-refractivity contribution is 6.38. The van der Waals surface area contributed by atoms with Crippen LogP contribution in [0.5, 0.6) is 0 Å². The average molecular weight is 827 g/mol. The standard InChI is InChI=1S/C43H51N7O10/c1-2-14-32(38(52)42(56)45-24-35(51)47-36(39(44)53)28-17-8-4-9-18-28)46-41(55)34-23-30(60-26-27-15-6-3-7-16-27)25-49(34)43(57)37(29-19-10-5-11-20-29)48-40(54)31-21-12-13-22-33(31)50(58)59/h3-4,6-9,12-13,15-18,21-22,29-30,32,34,36-37H,2,5,10-11,14,19-20,23-26H2,1H3,(H6-,44,45,46,47,48,51,53,54,55,56,58,59)/p+1/t30-,32?,34+,36?,37?/m1/s1. The Labute approximate surface area is 347 Å². The molecule has 5 atom stereocenters. The van der Waals surface area contributed by atoms with Gasteiger partial charge in [-0.2, -0.15) is 0 Å². The van der Waals surface area contributed by atoms with E-state index in [-0.39, 0.29) is 43.2 Å². The van der Waals surface area contributed by atoms with Gasteiger partial charge in [-0.3, -0.25) is 33.6 Å². The summed E-state index contributed by atoms with van der Waals surface area (Å²) in [6.45, 7) is 1.25. The van der Waals surface area contributed by atoms with Gasteiger partial charge in [-0.25, -0.2) is 5.21 Å². The van der Waals surface area contributed by atoms with E-state index in [0.717, 1.165) is 24.8 Å². The van der Waals surface area contributed by atoms with E-state index in [1.165, 1.54) is 29.2 Å². The highest BCUT2D eigenvalue weighted by Crippen LogP contribution is 2.31. The van der Waals surface area contributed by atoms with E-state index >= 15 is 0 Å². The number of carbonyl (C=O) groups is 7. The summed E-state index contributed by atoms with van der Waals surface area (Å²) in [6, 6.07) is 18.4. The minimum atomic E-state index is -1.33. The Hall–Kier alpha value is -6.49. The second-order valence-corrected chi connectivity index (χ2v) is 15.0. The molecule has 1 heterocycles. The summed E-state index contributed by atoms with van der Waals surface area (Å²) < 4.78 is 6.20. The Morgan fingerprint density at radius 1 is 0.867 bits per heavy atom. The summed E-state index contributed by atoms with van der Waals surface area (Å²) in [5.74, 6) is -6.15. The van der Waals surface area contributed by atoms with E-state index in [2.05, 4.69) is 21.3 Å². The number of carbonyl (C=O) groups excluding carboxylic acids is 7. The van der Waals surface area contributed by atoms with Crippen molar-refractivity contribution in [2.75, 3.05) is 13.1 Å². The summed E-state index contributed by atoms with van der Waals surface area (Å²) in [7, 11) is 0. The molecule has 0 bridgehead atoms. The Bertz CT molecular complexity index is 2030. The molecular formula is C43H52N7O10+. The number of amides is 6. The molecule has 5 rings (SSSR count). The van der Waals surface area contributed by atoms with Crippen LogP contribution in [0.15, 0.2) is 84.9 Å². The number of nitrogens with zero attached hydrogens (tertiary/aromatic N) is 2. The quantitative estimate of drug-likeness (QED) is 0.0762. The number of nitrogens with one attached hydrogen (secondary N) is 4. The van der Waals surface area contributed by atoms with E-state index < -0.39 is 83.0 Å². The lowest BCUT2D eigenvalue weighted by Gasteiger charge is -2.34. The van der Waals surface area contributed by atoms with Crippen molar-refractivity contribution >= 4 is 46.9 Å². The molecule has 1 saturated heterocycles. The van der Waals surface area contributed by atoms with Crippen LogP contribution in [0.3, 0.4) is 0 Å². The highest BCUT2D eigenvalue weighted by atomic mass is 16.6. The first-order valence-electron chi connectivity index (χ1n) is 20.2. The first-order chi connectivity index (χ1) is 28.9. The predicted octanol–water partition coefficient (Wildman–Crippen LogP) is 2.66. The molecule has 60 heavy (non-hydrogen) atoms. The topological polar surface area (TPSA) is 246 Å². The summed E-state index contributed by atoms with van der Waals surface area (Å²) in [6.07, 6.45) is 3.63. The number of para-hydroxylation sites is 1. The molecule has 7 N–H and O–H groups in total. The van der Waals surface area contributed by atoms with Crippen molar-refractivity contribution in [1.82, 2.24) is 26.2 Å². The Morgan fingerprint density at radius 2 is 1.52 bits per heavy atom. The molecule has 1 aliphatic carbocycles. The molecule has 0 spiro atoms. The fourth-order valence-electron chi connectivity index (χ4n) is 7.68. The second kappa shape index (κ2) is 21.5. The number of hydrogen-bond acceptors (Lipinski definition) is 9. The fraction of sp³-hybridized carbons (Fsp3) is 0.419. The van der Waals surface area contributed by atoms with Gasteiger partial charge < -0.3 is 36.6 Å². The minimum Gasteiger partial charge on any atom is -0.372 e. The zero-order chi connectivity index (χ0) is 43.2. The number of nitrogens with two attached hydrogens (primary N) is 1. The van der Waals surface area contributed by atoms with Gasteiger partial charge in [0.15, 0.2) is 0 Å². The minimum absolute atomic E-state index is 0.0261. The van der Waals surface area contributed by atoms with Crippen molar-refractivity contribution in [3.63, 3.8) is 0 Å². The number of hydrogen-bond donors (Lipinski definition) is 6. The maximum atomic E-state index is 14.7. The van der Waals surface area contributed by atoms with Gasteiger partial charge in [0.1, 0.15) is 23.7 Å². The Balaban J connectivity index is 1.33. The SMILES string of the molecule is CCCC(NC(=O)[C@@H]1C[C@@H](OCc2ccccc2)CN1C(=O)C(NC(=O)c1ccccc1[N+](=O)O)C1CCCCC1)C(=O)C(=O)NCC(=O)NC(C(N)=O)c1ccccc1. The van der Waals surface area contributed by atoms with Crippen LogP contribution in [-0.2, 0) is 40.1 Å². The van der Waals surface area contributed by atoms with Crippen LogP contribution in [-0.4, -0.2) is 93.6 Å². The van der Waals surface area contributed by atoms with E-state index in [4.69, 9.17) is 10.5 Å². The van der Waals surface area contributed by atoms with E-state index in [1.807, 2.05) is 30.3 Å². The van der Waals surface area contributed by atoms with Crippen molar-refractivity contribution in [1.29, 1.82) is 0 Å². The lowest BCUT2D eigenvalue weighted by Crippen LogP contribution is -2.58. The predicted molar refractivity (Wildman–Crippen MR) is 216 cm³/mol. The number of rotatable bonds is 19. The maximum Gasteiger partial charge on any atom is 0.329 e. The fourth-order valence-corrected chi connectivity index (χ4v) is 7.68. The normalized spacial score (nSPS) is 18.0. The molecule has 17 heteroatoms. The first kappa shape index (κ1) is 44.6. The van der Waals surface area contributed by atoms with Gasteiger partial charge in [-0.1, -0.05) is 105 Å². The van der Waals surface area contributed by atoms with Gasteiger partial charge >= 0.3 is 5.69 Å². The number of primary amides is 1. The summed E-state index contributed by atoms with van der Waals surface area (Å²) in [5.41, 5.74) is 6.31. The molecule has 318 valence electrons. The van der Waals surface area contributed by atoms with Crippen molar-refractivity contribution < 1.29 is 48.4 Å². The highest BCUT2D eigenvalue weighted by Gasteiger charge is 2.45. The van der Waals surface area contributed by atoms with Crippen LogP contribution >= 0.6 is 0 Å². The van der Waals surface area contributed by atoms with Gasteiger partial charge in [-0.15, -0.1) is 0 Å². The summed E-state index contributed by atoms with van der Waals surface area (Å²) in [4.78, 5) is 107. The third kappa shape index (κ3) is 11.8. The zero-order valence-corrected chi connectivity index (χ0v) is 33.4. The van der Waals surface area contributed by atoms with Crippen molar-refractivity contribution in [2.45, 2.75) is 95.2 Å². The maximum absolute atomic E-state index is 14.7. The molecule has 1 saturated carbocycles. The lowest BCUT2D eigenvalue weighted by atomic mass is 9.83. The van der Waals surface area contributed by atoms with E-state index in [9.17, 15) is 43.7 Å². The molecule has 0 radical (unpaired) electrons. The van der Waals surface area contributed by atoms with E-state index in [1.54, 1.807) is 37.3 Å². The van der Waals surface area contributed by atoms with Gasteiger partial charge in [0.2, 0.25) is 29.4 Å². The molecular weight excluding hydrogens is 775 g/mol. The van der Waals surface area contributed by atoms with Gasteiger partial charge in [0.05, 0.1) is 30.2 Å². The number of ether oxygens (including phenoxy) is 1. The summed E-state index contributed by atoms with van der Waals surface area (Å²) >= 11 is 0. The third-order valence-corrected chi connectivity index (χ3v) is 10.8. The number of benzene rings is 3. The van der Waals surface area contributed by atoms with Gasteiger partial charge in [0, 0.05) is 19.0 Å². The van der Waals surface area contributed by atoms with Crippen LogP contribution in [0.4, 0.5) is 5.69 Å². The molecule has 2 fully saturated rings. The largest absolute Gasteiger partial charge is 0.372 e. The average Bonchev–Trinajstić information content (AvgIpc) is 3.70. The van der Waals surface area contributed by atoms with Gasteiger partial charge in [-0.05, 0) is 42.4 Å². The van der Waals surface area contributed by atoms with Crippen LogP contribution in [0.2, 0.25) is 0 Å². The monoisotopic (exact) mass is 826 g/mol. The van der Waals surface area contributed by atoms with Crippen molar-refractivity contribution in [2.24, 2.45) is 11.7 Å². The molecule has 3 aromatic carbocycles. The molecule has 2 aliphatic rings. The van der Waals surface area contributed by atoms with Crippen LogP contribution in [0, 0.1) is 10.8 Å². The van der Waals surface area contributed by atoms with Crippen molar-refractivity contribution in [3.05, 3.63) is 107 Å². The Morgan fingerprint density at radius 3 is 2.17 bits per heavy atom. The van der Waals surface area contributed by atoms with Crippen LogP contribution < -0.4 is 27.0 Å². The molecule has 3 unspecified atom stereocenters. The molecule has 17 nitrogen and oxygen atoms in total. The molecule has 3 aromatic rings. The number of Topliss-reactive ketones (excluding diaryl/α,β-unsaturated/α-hetero) is 1. The Kier molecular flexibility index (Phi) is 16.0. The zero-order valence-electron chi connectivity index (χ0n) is 33.4. The first-order valence-corrected chi connectivity index (χ1v) is 20.2. The molecule has 6 amide bonds. The van der Waals surface area contributed by atoms with Crippen LogP contribution in [0.25, 0.3) is 0 Å². The number of likely N-dealkylation sites (tertiary alicyclic amines) is 1. The van der Waals surface area contributed by atoms with Gasteiger partial charge in [0.25, 0.3) is 16.7 Å². The second-order valence-electron chi connectivity index (χ2n) is 15.0. The van der Waals surface area contributed by atoms with Crippen molar-refractivity contribution in [3.8, 4) is 0 Å². The van der Waals surface area contributed by atoms with E-state index in [0.29, 0.717) is 24.8 Å². The third-order valence-electron chi connectivity index (χ3n) is 10.8. The summed E-state index contributed by atoms with van der Waals surface area (Å²) in [5, 5.41) is 19.8. The molecule has 1 aliphatic heterocycles. The number of ketones is 1. The molecule has 0 aromatic heterocycles.